The smallest absolute Gasteiger partial charge is 0.387 e. The molecule has 0 unspecified atom stereocenters. The first-order valence-corrected chi connectivity index (χ1v) is 6.80. The zero-order chi connectivity index (χ0) is 16.9. The van der Waals surface area contributed by atoms with Crippen LogP contribution in [0.5, 0.6) is 11.5 Å². The summed E-state index contributed by atoms with van der Waals surface area (Å²) >= 11 is 0. The molecule has 0 heterocycles. The average molecular weight is 353 g/mol. The van der Waals surface area contributed by atoms with Crippen LogP contribution in [0.2, 0.25) is 0 Å². The quantitative estimate of drug-likeness (QED) is 0.825. The number of benzene rings is 1. The highest BCUT2D eigenvalue weighted by atomic mass is 35.5. The molecule has 1 aromatic carbocycles. The molecule has 0 radical (unpaired) electrons. The summed E-state index contributed by atoms with van der Waals surface area (Å²) in [6.07, 6.45) is 0. The molecule has 0 aliphatic heterocycles. The summed E-state index contributed by atoms with van der Waals surface area (Å²) in [6, 6.07) is 3.69. The summed E-state index contributed by atoms with van der Waals surface area (Å²) < 4.78 is 34.3. The number of carbonyl (C=O) groups is 1. The largest absolute Gasteiger partial charge is 0.497 e. The second-order valence-corrected chi connectivity index (χ2v) is 5.91. The lowest BCUT2D eigenvalue weighted by molar-refractivity contribution is -0.124. The molecule has 0 aromatic heterocycles. The van der Waals surface area contributed by atoms with E-state index in [0.29, 0.717) is 11.3 Å². The molecule has 0 bridgehead atoms. The van der Waals surface area contributed by atoms with Crippen molar-refractivity contribution in [2.24, 2.45) is 11.1 Å². The predicted octanol–water partition coefficient (Wildman–Crippen LogP) is 2.71. The van der Waals surface area contributed by atoms with Gasteiger partial charge in [-0.2, -0.15) is 8.78 Å². The summed E-state index contributed by atoms with van der Waals surface area (Å²) in [6.45, 7) is 2.60. The van der Waals surface area contributed by atoms with Gasteiger partial charge >= 0.3 is 6.61 Å². The lowest BCUT2D eigenvalue weighted by Crippen LogP contribution is -2.48. The van der Waals surface area contributed by atoms with Gasteiger partial charge < -0.3 is 20.5 Å². The van der Waals surface area contributed by atoms with Gasteiger partial charge in [-0.3, -0.25) is 4.79 Å². The Morgan fingerprint density at radius 3 is 2.43 bits per heavy atom. The zero-order valence-corrected chi connectivity index (χ0v) is 14.4. The number of hydrogen-bond acceptors (Lipinski definition) is 4. The fourth-order valence-electron chi connectivity index (χ4n) is 1.72. The molecule has 0 aliphatic rings. The number of amides is 1. The van der Waals surface area contributed by atoms with Crippen molar-refractivity contribution in [3.8, 4) is 11.5 Å². The van der Waals surface area contributed by atoms with Gasteiger partial charge in [0.1, 0.15) is 11.5 Å². The molecule has 8 heteroatoms. The molecule has 23 heavy (non-hydrogen) atoms. The molecule has 0 saturated carbocycles. The molecule has 5 nitrogen and oxygen atoms in total. The number of nitrogens with one attached hydrogen (secondary N) is 1. The fourth-order valence-corrected chi connectivity index (χ4v) is 1.72. The number of methoxy groups -OCH3 is 1. The van der Waals surface area contributed by atoms with Crippen LogP contribution < -0.4 is 20.5 Å². The Morgan fingerprint density at radius 1 is 1.35 bits per heavy atom. The minimum atomic E-state index is -2.94. The van der Waals surface area contributed by atoms with E-state index >= 15 is 0 Å². The molecule has 1 rings (SSSR count). The molecular weight excluding hydrogens is 330 g/mol. The average Bonchev–Trinajstić information content (AvgIpc) is 2.43. The lowest BCUT2D eigenvalue weighted by Gasteiger charge is -2.26. The lowest BCUT2D eigenvalue weighted by atomic mass is 9.87. The molecule has 0 saturated heterocycles. The Balaban J connectivity index is 0.00000484. The Bertz CT molecular complexity index is 522. The highest BCUT2D eigenvalue weighted by Crippen LogP contribution is 2.26. The van der Waals surface area contributed by atoms with Crippen LogP contribution in [-0.4, -0.2) is 25.7 Å². The van der Waals surface area contributed by atoms with Gasteiger partial charge in [-0.05, 0) is 23.6 Å². The topological polar surface area (TPSA) is 73.6 Å². The predicted molar refractivity (Wildman–Crippen MR) is 86.2 cm³/mol. The molecule has 1 atom stereocenters. The van der Waals surface area contributed by atoms with Crippen LogP contribution in [-0.2, 0) is 11.3 Å². The van der Waals surface area contributed by atoms with Crippen LogP contribution in [0.1, 0.15) is 26.3 Å². The minimum absolute atomic E-state index is 0. The Labute approximate surface area is 140 Å². The van der Waals surface area contributed by atoms with Crippen LogP contribution in [0.3, 0.4) is 0 Å². The molecule has 1 aromatic rings. The van der Waals surface area contributed by atoms with Crippen LogP contribution in [0.15, 0.2) is 18.2 Å². The van der Waals surface area contributed by atoms with E-state index in [2.05, 4.69) is 10.1 Å². The third-order valence-corrected chi connectivity index (χ3v) is 3.15. The maximum absolute atomic E-state index is 12.4. The van der Waals surface area contributed by atoms with Crippen molar-refractivity contribution in [2.45, 2.75) is 40.0 Å². The number of halogens is 3. The van der Waals surface area contributed by atoms with Crippen molar-refractivity contribution in [1.29, 1.82) is 0 Å². The van der Waals surface area contributed by atoms with Crippen LogP contribution >= 0.6 is 12.4 Å². The van der Waals surface area contributed by atoms with Gasteiger partial charge in [0.15, 0.2) is 0 Å². The second kappa shape index (κ2) is 8.88. The maximum atomic E-state index is 12.4. The van der Waals surface area contributed by atoms with Crippen molar-refractivity contribution < 1.29 is 23.0 Å². The number of nitrogens with two attached hydrogens (primary N) is 1. The van der Waals surface area contributed by atoms with E-state index in [1.807, 2.05) is 20.8 Å². The highest BCUT2D eigenvalue weighted by Gasteiger charge is 2.27. The van der Waals surface area contributed by atoms with E-state index in [4.69, 9.17) is 10.5 Å². The van der Waals surface area contributed by atoms with Gasteiger partial charge in [0.05, 0.1) is 13.2 Å². The number of alkyl halides is 2. The van der Waals surface area contributed by atoms with E-state index in [-0.39, 0.29) is 30.6 Å². The van der Waals surface area contributed by atoms with Gasteiger partial charge in [-0.25, -0.2) is 0 Å². The maximum Gasteiger partial charge on any atom is 0.387 e. The Morgan fingerprint density at radius 2 is 1.96 bits per heavy atom. The number of carbonyl (C=O) groups excluding carboxylic acids is 1. The first kappa shape index (κ1) is 21.4. The summed E-state index contributed by atoms with van der Waals surface area (Å²) in [5.41, 5.74) is 5.83. The summed E-state index contributed by atoms with van der Waals surface area (Å²) in [7, 11) is 1.46. The summed E-state index contributed by atoms with van der Waals surface area (Å²) in [5.74, 6) is 0.102. The van der Waals surface area contributed by atoms with Crippen molar-refractivity contribution in [1.82, 2.24) is 5.32 Å². The summed E-state index contributed by atoms with van der Waals surface area (Å²) in [4.78, 5) is 12.0. The zero-order valence-electron chi connectivity index (χ0n) is 13.6. The molecule has 0 fully saturated rings. The molecule has 3 N–H and O–H groups in total. The van der Waals surface area contributed by atoms with Gasteiger partial charge in [-0.15, -0.1) is 12.4 Å². The van der Waals surface area contributed by atoms with E-state index in [0.717, 1.165) is 0 Å². The Kier molecular flexibility index (Phi) is 8.26. The first-order valence-electron chi connectivity index (χ1n) is 6.80. The molecule has 0 spiro atoms. The van der Waals surface area contributed by atoms with Gasteiger partial charge in [0, 0.05) is 12.1 Å². The third-order valence-electron chi connectivity index (χ3n) is 3.15. The number of ether oxygens (including phenoxy) is 2. The standard InChI is InChI=1S/C15H22F2N2O3.ClH/c1-15(2,3)12(18)13(20)19-8-9-7-10(21-4)5-6-11(9)22-14(16)17;/h5-7,12,14H,8,18H2,1-4H3,(H,19,20);1H/t12-;/m1./s1. The van der Waals surface area contributed by atoms with Crippen LogP contribution in [0.25, 0.3) is 0 Å². The van der Waals surface area contributed by atoms with E-state index in [1.54, 1.807) is 0 Å². The Hall–Kier alpha value is -1.60. The van der Waals surface area contributed by atoms with Gasteiger partial charge in [0.2, 0.25) is 5.91 Å². The third kappa shape index (κ3) is 6.58. The van der Waals surface area contributed by atoms with Crippen molar-refractivity contribution in [2.75, 3.05) is 7.11 Å². The van der Waals surface area contributed by atoms with Crippen molar-refractivity contribution >= 4 is 18.3 Å². The van der Waals surface area contributed by atoms with Gasteiger partial charge in [0.25, 0.3) is 0 Å². The van der Waals surface area contributed by atoms with Crippen LogP contribution in [0, 0.1) is 5.41 Å². The van der Waals surface area contributed by atoms with Crippen molar-refractivity contribution in [3.05, 3.63) is 23.8 Å². The van der Waals surface area contributed by atoms with E-state index < -0.39 is 18.1 Å². The molecule has 0 aliphatic carbocycles. The molecular formula is C15H23ClF2N2O3. The molecule has 132 valence electrons. The normalized spacial score (nSPS) is 12.3. The fraction of sp³-hybridized carbons (Fsp3) is 0.533. The molecule has 1 amide bonds. The minimum Gasteiger partial charge on any atom is -0.497 e. The van der Waals surface area contributed by atoms with Crippen LogP contribution in [0.4, 0.5) is 8.78 Å². The number of rotatable bonds is 6. The number of hydrogen-bond donors (Lipinski definition) is 2. The van der Waals surface area contributed by atoms with E-state index in [9.17, 15) is 13.6 Å². The van der Waals surface area contributed by atoms with Crippen molar-refractivity contribution in [3.63, 3.8) is 0 Å². The monoisotopic (exact) mass is 352 g/mol. The first-order chi connectivity index (χ1) is 10.1. The van der Waals surface area contributed by atoms with E-state index in [1.165, 1.54) is 25.3 Å². The van der Waals surface area contributed by atoms with Gasteiger partial charge in [-0.1, -0.05) is 20.8 Å². The SMILES string of the molecule is COc1ccc(OC(F)F)c(CNC(=O)[C@@H](N)C(C)(C)C)c1.Cl. The highest BCUT2D eigenvalue weighted by molar-refractivity contribution is 5.85. The second-order valence-electron chi connectivity index (χ2n) is 5.91. The summed E-state index contributed by atoms with van der Waals surface area (Å²) in [5, 5.41) is 2.63.